The zero-order chi connectivity index (χ0) is 12.7. The van der Waals surface area contributed by atoms with Gasteiger partial charge in [-0.2, -0.15) is 5.10 Å². The molecular formula is C15H17BrN2. The molecule has 0 N–H and O–H groups in total. The van der Waals surface area contributed by atoms with Crippen LogP contribution in [-0.2, 0) is 13.5 Å². The number of aromatic nitrogens is 2. The van der Waals surface area contributed by atoms with Crippen molar-refractivity contribution in [2.24, 2.45) is 13.0 Å². The van der Waals surface area contributed by atoms with Crippen molar-refractivity contribution in [2.45, 2.75) is 25.7 Å². The van der Waals surface area contributed by atoms with Gasteiger partial charge in [0.1, 0.15) is 4.60 Å². The van der Waals surface area contributed by atoms with Crippen LogP contribution in [0.1, 0.15) is 36.1 Å². The zero-order valence-electron chi connectivity index (χ0n) is 10.7. The molecule has 2 unspecified atom stereocenters. The molecule has 0 fully saturated rings. The molecule has 2 nitrogen and oxygen atoms in total. The van der Waals surface area contributed by atoms with Crippen LogP contribution in [0.2, 0.25) is 0 Å². The Bertz CT molecular complexity index is 559. The Kier molecular flexibility index (Phi) is 3.02. The van der Waals surface area contributed by atoms with E-state index in [4.69, 9.17) is 0 Å². The summed E-state index contributed by atoms with van der Waals surface area (Å²) in [5.41, 5.74) is 4.18. The molecule has 3 rings (SSSR count). The highest BCUT2D eigenvalue weighted by Gasteiger charge is 2.31. The van der Waals surface area contributed by atoms with Crippen LogP contribution >= 0.6 is 15.9 Å². The molecule has 1 heterocycles. The molecule has 0 radical (unpaired) electrons. The van der Waals surface area contributed by atoms with E-state index in [-0.39, 0.29) is 0 Å². The van der Waals surface area contributed by atoms with Gasteiger partial charge in [-0.1, -0.05) is 37.3 Å². The molecule has 0 spiro atoms. The van der Waals surface area contributed by atoms with Crippen molar-refractivity contribution in [3.05, 3.63) is 51.8 Å². The van der Waals surface area contributed by atoms with Crippen molar-refractivity contribution >= 4 is 15.9 Å². The summed E-state index contributed by atoms with van der Waals surface area (Å²) in [6, 6.07) is 10.8. The van der Waals surface area contributed by atoms with Crippen LogP contribution in [0.15, 0.2) is 34.9 Å². The van der Waals surface area contributed by atoms with E-state index in [0.29, 0.717) is 11.8 Å². The van der Waals surface area contributed by atoms with Gasteiger partial charge < -0.3 is 0 Å². The number of halogens is 1. The fourth-order valence-corrected chi connectivity index (χ4v) is 3.79. The molecule has 1 aromatic carbocycles. The second-order valence-electron chi connectivity index (χ2n) is 5.28. The second-order valence-corrected chi connectivity index (χ2v) is 6.03. The fraction of sp³-hybridized carbons (Fsp3) is 0.400. The molecular weight excluding hydrogens is 288 g/mol. The molecule has 1 aliphatic rings. The van der Waals surface area contributed by atoms with Gasteiger partial charge >= 0.3 is 0 Å². The average molecular weight is 305 g/mol. The van der Waals surface area contributed by atoms with Crippen molar-refractivity contribution < 1.29 is 0 Å². The summed E-state index contributed by atoms with van der Waals surface area (Å²) >= 11 is 3.63. The molecule has 0 aliphatic heterocycles. The largest absolute Gasteiger partial charge is 0.271 e. The normalized spacial score (nSPS) is 22.8. The first-order chi connectivity index (χ1) is 8.66. The molecule has 0 saturated carbocycles. The lowest BCUT2D eigenvalue weighted by Gasteiger charge is -2.28. The number of aryl methyl sites for hydroxylation is 1. The van der Waals surface area contributed by atoms with Gasteiger partial charge in [-0.3, -0.25) is 4.68 Å². The highest BCUT2D eigenvalue weighted by Crippen LogP contribution is 2.42. The van der Waals surface area contributed by atoms with Crippen LogP contribution in [0.25, 0.3) is 0 Å². The molecule has 3 heteroatoms. The Labute approximate surface area is 116 Å². The summed E-state index contributed by atoms with van der Waals surface area (Å²) in [6.07, 6.45) is 2.34. The molecule has 0 saturated heterocycles. The number of fused-ring (bicyclic) bond motifs is 1. The van der Waals surface area contributed by atoms with Crippen LogP contribution in [0.5, 0.6) is 0 Å². The van der Waals surface area contributed by atoms with Gasteiger partial charge in [-0.25, -0.2) is 0 Å². The van der Waals surface area contributed by atoms with E-state index in [2.05, 4.69) is 58.3 Å². The third kappa shape index (κ3) is 1.91. The zero-order valence-corrected chi connectivity index (χ0v) is 12.3. The van der Waals surface area contributed by atoms with Crippen LogP contribution in [-0.4, -0.2) is 9.78 Å². The Morgan fingerprint density at radius 3 is 2.72 bits per heavy atom. The molecule has 1 aliphatic carbocycles. The topological polar surface area (TPSA) is 17.8 Å². The molecule has 2 aromatic rings. The standard InChI is InChI=1S/C15H17BrN2/c1-10-8-12(11-6-4-3-5-7-11)14-13(9-10)18(2)17-15(14)16/h3-7,10,12H,8-9H2,1-2H3. The predicted molar refractivity (Wildman–Crippen MR) is 76.7 cm³/mol. The van der Waals surface area contributed by atoms with E-state index in [0.717, 1.165) is 11.0 Å². The Morgan fingerprint density at radius 1 is 1.28 bits per heavy atom. The highest BCUT2D eigenvalue weighted by atomic mass is 79.9. The van der Waals surface area contributed by atoms with E-state index >= 15 is 0 Å². The van der Waals surface area contributed by atoms with Crippen molar-refractivity contribution in [2.75, 3.05) is 0 Å². The van der Waals surface area contributed by atoms with Crippen LogP contribution in [0.4, 0.5) is 0 Å². The molecule has 0 bridgehead atoms. The van der Waals surface area contributed by atoms with Gasteiger partial charge in [0.2, 0.25) is 0 Å². The van der Waals surface area contributed by atoms with Crippen molar-refractivity contribution in [1.82, 2.24) is 9.78 Å². The van der Waals surface area contributed by atoms with Crippen molar-refractivity contribution in [1.29, 1.82) is 0 Å². The summed E-state index contributed by atoms with van der Waals surface area (Å²) in [5.74, 6) is 1.19. The number of benzene rings is 1. The minimum Gasteiger partial charge on any atom is -0.271 e. The Morgan fingerprint density at radius 2 is 2.00 bits per heavy atom. The lowest BCUT2D eigenvalue weighted by Crippen LogP contribution is -2.18. The highest BCUT2D eigenvalue weighted by molar-refractivity contribution is 9.10. The minimum absolute atomic E-state index is 0.480. The first-order valence-corrected chi connectivity index (χ1v) is 7.22. The average Bonchev–Trinajstić information content (AvgIpc) is 2.65. The smallest absolute Gasteiger partial charge is 0.132 e. The van der Waals surface area contributed by atoms with Crippen molar-refractivity contribution in [3.8, 4) is 0 Å². The number of nitrogens with zero attached hydrogens (tertiary/aromatic N) is 2. The third-order valence-corrected chi connectivity index (χ3v) is 4.48. The van der Waals surface area contributed by atoms with Gasteiger partial charge in [0.25, 0.3) is 0 Å². The van der Waals surface area contributed by atoms with E-state index < -0.39 is 0 Å². The Hall–Kier alpha value is -1.09. The maximum atomic E-state index is 4.54. The summed E-state index contributed by atoms with van der Waals surface area (Å²) in [7, 11) is 2.05. The third-order valence-electron chi connectivity index (χ3n) is 3.89. The van der Waals surface area contributed by atoms with Gasteiger partial charge in [0.15, 0.2) is 0 Å². The summed E-state index contributed by atoms with van der Waals surface area (Å²) < 4.78 is 3.05. The van der Waals surface area contributed by atoms with Gasteiger partial charge in [-0.15, -0.1) is 0 Å². The maximum Gasteiger partial charge on any atom is 0.132 e. The van der Waals surface area contributed by atoms with Gasteiger partial charge in [-0.05, 0) is 40.3 Å². The molecule has 94 valence electrons. The first kappa shape index (κ1) is 12.0. The lowest BCUT2D eigenvalue weighted by molar-refractivity contribution is 0.448. The van der Waals surface area contributed by atoms with Crippen LogP contribution < -0.4 is 0 Å². The second kappa shape index (κ2) is 4.54. The molecule has 2 atom stereocenters. The van der Waals surface area contributed by atoms with Crippen LogP contribution in [0.3, 0.4) is 0 Å². The summed E-state index contributed by atoms with van der Waals surface area (Å²) in [4.78, 5) is 0. The van der Waals surface area contributed by atoms with Gasteiger partial charge in [0.05, 0.1) is 0 Å². The Balaban J connectivity index is 2.13. The van der Waals surface area contributed by atoms with E-state index in [9.17, 15) is 0 Å². The monoisotopic (exact) mass is 304 g/mol. The van der Waals surface area contributed by atoms with E-state index in [1.807, 2.05) is 11.7 Å². The minimum atomic E-state index is 0.480. The lowest BCUT2D eigenvalue weighted by atomic mass is 9.77. The number of hydrogen-bond acceptors (Lipinski definition) is 1. The number of hydrogen-bond donors (Lipinski definition) is 0. The number of rotatable bonds is 1. The SMILES string of the molecule is CC1Cc2c(c(Br)nn2C)C(c2ccccc2)C1. The van der Waals surface area contributed by atoms with Gasteiger partial charge in [0, 0.05) is 24.2 Å². The maximum absolute atomic E-state index is 4.54. The molecule has 1 aromatic heterocycles. The first-order valence-electron chi connectivity index (χ1n) is 6.43. The van der Waals surface area contributed by atoms with Crippen LogP contribution in [0, 0.1) is 5.92 Å². The quantitative estimate of drug-likeness (QED) is 0.781. The fourth-order valence-electron chi connectivity index (χ4n) is 3.05. The van der Waals surface area contributed by atoms with E-state index in [1.165, 1.54) is 23.2 Å². The van der Waals surface area contributed by atoms with E-state index in [1.54, 1.807) is 0 Å². The molecule has 18 heavy (non-hydrogen) atoms. The predicted octanol–water partition coefficient (Wildman–Crippen LogP) is 3.90. The summed E-state index contributed by atoms with van der Waals surface area (Å²) in [6.45, 7) is 2.33. The summed E-state index contributed by atoms with van der Waals surface area (Å²) in [5, 5.41) is 4.54. The van der Waals surface area contributed by atoms with Crippen molar-refractivity contribution in [3.63, 3.8) is 0 Å². The molecule has 0 amide bonds.